The molecule has 1 rings (SSSR count). The van der Waals surface area contributed by atoms with E-state index >= 15 is 0 Å². The minimum atomic E-state index is -0.374. The maximum atomic E-state index is 13.1. The molecule has 0 heterocycles. The van der Waals surface area contributed by atoms with Crippen LogP contribution >= 0.6 is 23.2 Å². The van der Waals surface area contributed by atoms with Gasteiger partial charge in [-0.25, -0.2) is 4.39 Å². The highest BCUT2D eigenvalue weighted by atomic mass is 35.5. The third kappa shape index (κ3) is 3.98. The first-order chi connectivity index (χ1) is 7.00. The van der Waals surface area contributed by atoms with Gasteiger partial charge in [-0.1, -0.05) is 23.7 Å². The average molecular weight is 250 g/mol. The van der Waals surface area contributed by atoms with Crippen LogP contribution in [-0.2, 0) is 6.54 Å². The smallest absolute Gasteiger partial charge is 0.142 e. The summed E-state index contributed by atoms with van der Waals surface area (Å²) in [5, 5.41) is 0.272. The largest absolute Gasteiger partial charge is 0.301 e. The monoisotopic (exact) mass is 249 g/mol. The third-order valence-corrected chi connectivity index (χ3v) is 2.60. The van der Waals surface area contributed by atoms with Crippen molar-refractivity contribution in [1.82, 2.24) is 4.90 Å². The van der Waals surface area contributed by atoms with Gasteiger partial charge in [-0.05, 0) is 25.6 Å². The summed E-state index contributed by atoms with van der Waals surface area (Å²) in [5.41, 5.74) is 0.788. The molecule has 84 valence electrons. The number of hydrogen-bond acceptors (Lipinski definition) is 1. The summed E-state index contributed by atoms with van der Waals surface area (Å²) in [6, 6.07) is 4.84. The van der Waals surface area contributed by atoms with E-state index < -0.39 is 0 Å². The van der Waals surface area contributed by atoms with Crippen LogP contribution in [0.25, 0.3) is 0 Å². The molecule has 4 heteroatoms. The van der Waals surface area contributed by atoms with Crippen LogP contribution in [0, 0.1) is 5.82 Å². The second kappa shape index (κ2) is 5.69. The van der Waals surface area contributed by atoms with Crippen molar-refractivity contribution in [2.75, 3.05) is 13.6 Å². The standard InChI is InChI=1S/C11H14Cl2FN/c1-8(12)6-15(2)7-9-4-3-5-10(14)11(9)13/h3-5,8H,6-7H2,1-2H3. The van der Waals surface area contributed by atoms with Crippen molar-refractivity contribution >= 4 is 23.2 Å². The Kier molecular flexibility index (Phi) is 4.84. The minimum absolute atomic E-state index is 0.0716. The van der Waals surface area contributed by atoms with Gasteiger partial charge in [0.15, 0.2) is 0 Å². The van der Waals surface area contributed by atoms with E-state index in [0.29, 0.717) is 6.54 Å². The van der Waals surface area contributed by atoms with Gasteiger partial charge in [0.1, 0.15) is 5.82 Å². The lowest BCUT2D eigenvalue weighted by molar-refractivity contribution is 0.329. The summed E-state index contributed by atoms with van der Waals surface area (Å²) < 4.78 is 13.1. The SMILES string of the molecule is CC(Cl)CN(C)Cc1cccc(F)c1Cl. The summed E-state index contributed by atoms with van der Waals surface area (Å²) in [6.45, 7) is 3.27. The fraction of sp³-hybridized carbons (Fsp3) is 0.455. The normalized spacial score (nSPS) is 13.2. The predicted octanol–water partition coefficient (Wildman–Crippen LogP) is 3.54. The van der Waals surface area contributed by atoms with Crippen LogP contribution in [0.5, 0.6) is 0 Å². The Labute approximate surface area is 99.8 Å². The molecule has 0 aromatic heterocycles. The van der Waals surface area contributed by atoms with Crippen LogP contribution < -0.4 is 0 Å². The molecule has 0 N–H and O–H groups in total. The van der Waals surface area contributed by atoms with E-state index in [1.54, 1.807) is 6.07 Å². The first-order valence-corrected chi connectivity index (χ1v) is 5.57. The Balaban J connectivity index is 2.68. The molecule has 1 unspecified atom stereocenters. The summed E-state index contributed by atoms with van der Waals surface area (Å²) in [4.78, 5) is 2.01. The first-order valence-electron chi connectivity index (χ1n) is 4.76. The van der Waals surface area contributed by atoms with Gasteiger partial charge in [0.25, 0.3) is 0 Å². The molecular weight excluding hydrogens is 236 g/mol. The number of benzene rings is 1. The molecule has 0 aliphatic carbocycles. The number of hydrogen-bond donors (Lipinski definition) is 0. The average Bonchev–Trinajstić information content (AvgIpc) is 2.11. The van der Waals surface area contributed by atoms with E-state index in [1.807, 2.05) is 24.9 Å². The van der Waals surface area contributed by atoms with Crippen LogP contribution in [0.4, 0.5) is 4.39 Å². The zero-order valence-electron chi connectivity index (χ0n) is 8.80. The molecule has 1 nitrogen and oxygen atoms in total. The highest BCUT2D eigenvalue weighted by Gasteiger charge is 2.09. The molecule has 0 amide bonds. The molecule has 0 aliphatic rings. The molecule has 0 bridgehead atoms. The Hall–Kier alpha value is -0.310. The molecule has 1 aromatic carbocycles. The van der Waals surface area contributed by atoms with E-state index in [4.69, 9.17) is 23.2 Å². The van der Waals surface area contributed by atoms with Crippen molar-refractivity contribution in [2.24, 2.45) is 0 Å². The molecule has 0 spiro atoms. The molecule has 0 radical (unpaired) electrons. The maximum absolute atomic E-state index is 13.1. The highest BCUT2D eigenvalue weighted by molar-refractivity contribution is 6.31. The maximum Gasteiger partial charge on any atom is 0.142 e. The Morgan fingerprint density at radius 1 is 1.47 bits per heavy atom. The molecular formula is C11H14Cl2FN. The topological polar surface area (TPSA) is 3.24 Å². The first kappa shape index (κ1) is 12.8. The van der Waals surface area contributed by atoms with Crippen molar-refractivity contribution in [3.8, 4) is 0 Å². The lowest BCUT2D eigenvalue weighted by Crippen LogP contribution is -2.24. The molecule has 15 heavy (non-hydrogen) atoms. The fourth-order valence-corrected chi connectivity index (χ4v) is 1.88. The number of alkyl halides is 1. The van der Waals surface area contributed by atoms with Crippen LogP contribution in [0.2, 0.25) is 5.02 Å². The molecule has 0 fully saturated rings. The quantitative estimate of drug-likeness (QED) is 0.739. The van der Waals surface area contributed by atoms with Gasteiger partial charge < -0.3 is 4.90 Å². The van der Waals surface area contributed by atoms with Crippen molar-refractivity contribution in [1.29, 1.82) is 0 Å². The van der Waals surface area contributed by atoms with Crippen LogP contribution in [0.3, 0.4) is 0 Å². The molecule has 1 atom stereocenters. The van der Waals surface area contributed by atoms with Gasteiger partial charge >= 0.3 is 0 Å². The lowest BCUT2D eigenvalue weighted by atomic mass is 10.2. The molecule has 1 aromatic rings. The summed E-state index contributed by atoms with van der Waals surface area (Å²) >= 11 is 11.7. The molecule has 0 aliphatic heterocycles. The Bertz CT molecular complexity index is 328. The second-order valence-corrected chi connectivity index (χ2v) is 4.81. The number of halogens is 3. The molecule has 0 saturated heterocycles. The van der Waals surface area contributed by atoms with Crippen LogP contribution in [-0.4, -0.2) is 23.9 Å². The highest BCUT2D eigenvalue weighted by Crippen LogP contribution is 2.20. The number of rotatable bonds is 4. The zero-order valence-corrected chi connectivity index (χ0v) is 10.3. The second-order valence-electron chi connectivity index (χ2n) is 3.69. The van der Waals surface area contributed by atoms with Gasteiger partial charge in [-0.3, -0.25) is 0 Å². The van der Waals surface area contributed by atoms with E-state index in [2.05, 4.69) is 0 Å². The van der Waals surface area contributed by atoms with Crippen molar-refractivity contribution in [3.63, 3.8) is 0 Å². The summed E-state index contributed by atoms with van der Waals surface area (Å²) in [6.07, 6.45) is 0. The minimum Gasteiger partial charge on any atom is -0.301 e. The fourth-order valence-electron chi connectivity index (χ4n) is 1.46. The van der Waals surface area contributed by atoms with Crippen LogP contribution in [0.1, 0.15) is 12.5 Å². The number of nitrogens with zero attached hydrogens (tertiary/aromatic N) is 1. The van der Waals surface area contributed by atoms with Gasteiger partial charge in [-0.2, -0.15) is 0 Å². The zero-order chi connectivity index (χ0) is 11.4. The summed E-state index contributed by atoms with van der Waals surface area (Å²) in [7, 11) is 1.93. The van der Waals surface area contributed by atoms with E-state index in [-0.39, 0.29) is 16.2 Å². The van der Waals surface area contributed by atoms with E-state index in [9.17, 15) is 4.39 Å². The van der Waals surface area contributed by atoms with Crippen molar-refractivity contribution < 1.29 is 4.39 Å². The van der Waals surface area contributed by atoms with Gasteiger partial charge in [0.2, 0.25) is 0 Å². The van der Waals surface area contributed by atoms with Gasteiger partial charge in [0.05, 0.1) is 5.02 Å². The van der Waals surface area contributed by atoms with Crippen molar-refractivity contribution in [3.05, 3.63) is 34.6 Å². The molecule has 0 saturated carbocycles. The van der Waals surface area contributed by atoms with Gasteiger partial charge in [-0.15, -0.1) is 11.6 Å². The van der Waals surface area contributed by atoms with Crippen LogP contribution in [0.15, 0.2) is 18.2 Å². The Morgan fingerprint density at radius 2 is 2.13 bits per heavy atom. The Morgan fingerprint density at radius 3 is 2.73 bits per heavy atom. The third-order valence-electron chi connectivity index (χ3n) is 2.04. The van der Waals surface area contributed by atoms with E-state index in [0.717, 1.165) is 12.1 Å². The van der Waals surface area contributed by atoms with Crippen molar-refractivity contribution in [2.45, 2.75) is 18.8 Å². The predicted molar refractivity (Wildman–Crippen MR) is 63.1 cm³/mol. The van der Waals surface area contributed by atoms with E-state index in [1.165, 1.54) is 6.07 Å². The lowest BCUT2D eigenvalue weighted by Gasteiger charge is -2.18. The van der Waals surface area contributed by atoms with Gasteiger partial charge in [0, 0.05) is 18.5 Å². The summed E-state index contributed by atoms with van der Waals surface area (Å²) in [5.74, 6) is -0.374.